The molecule has 1 aromatic rings. The van der Waals surface area contributed by atoms with Gasteiger partial charge < -0.3 is 15.3 Å². The van der Waals surface area contributed by atoms with Crippen molar-refractivity contribution in [3.05, 3.63) is 29.3 Å². The molecule has 1 unspecified atom stereocenters. The summed E-state index contributed by atoms with van der Waals surface area (Å²) >= 11 is 0. The number of carboxylic acid groups (broad SMARTS) is 1. The number of anilines is 1. The van der Waals surface area contributed by atoms with E-state index in [1.807, 2.05) is 32.0 Å². The molecular formula is C13H18N2O3. The Hall–Kier alpha value is -2.04. The van der Waals surface area contributed by atoms with E-state index in [2.05, 4.69) is 5.32 Å². The molecule has 5 heteroatoms. The summed E-state index contributed by atoms with van der Waals surface area (Å²) in [4.78, 5) is 23.9. The highest BCUT2D eigenvalue weighted by molar-refractivity contribution is 5.93. The fourth-order valence-corrected chi connectivity index (χ4v) is 1.55. The first-order valence-electron chi connectivity index (χ1n) is 5.67. The number of carboxylic acids is 1. The number of aryl methyl sites for hydroxylation is 2. The smallest absolute Gasteiger partial charge is 0.326 e. The fourth-order valence-electron chi connectivity index (χ4n) is 1.55. The zero-order chi connectivity index (χ0) is 13.9. The number of aliphatic carboxylic acids is 1. The number of urea groups is 1. The molecule has 0 saturated carbocycles. The molecule has 2 N–H and O–H groups in total. The monoisotopic (exact) mass is 250 g/mol. The van der Waals surface area contributed by atoms with E-state index in [1.165, 1.54) is 14.0 Å². The lowest BCUT2D eigenvalue weighted by Crippen LogP contribution is -2.42. The first kappa shape index (κ1) is 14.0. The van der Waals surface area contributed by atoms with Crippen molar-refractivity contribution in [2.24, 2.45) is 0 Å². The molecule has 1 aromatic carbocycles. The topological polar surface area (TPSA) is 69.6 Å². The second-order valence-corrected chi connectivity index (χ2v) is 4.32. The SMILES string of the molecule is Cc1cccc(C)c1NC(=O)N(C)C(C)C(=O)O. The molecule has 5 nitrogen and oxygen atoms in total. The predicted octanol–water partition coefficient (Wildman–Crippen LogP) is 2.24. The summed E-state index contributed by atoms with van der Waals surface area (Å²) in [6, 6.07) is 4.40. The van der Waals surface area contributed by atoms with Gasteiger partial charge in [-0.25, -0.2) is 9.59 Å². The summed E-state index contributed by atoms with van der Waals surface area (Å²) in [5, 5.41) is 11.6. The van der Waals surface area contributed by atoms with Crippen molar-refractivity contribution in [1.29, 1.82) is 0 Å². The van der Waals surface area contributed by atoms with Crippen molar-refractivity contribution in [2.75, 3.05) is 12.4 Å². The molecule has 1 atom stereocenters. The Morgan fingerprint density at radius 2 is 1.78 bits per heavy atom. The van der Waals surface area contributed by atoms with Crippen LogP contribution in [0.4, 0.5) is 10.5 Å². The standard InChI is InChI=1S/C13H18N2O3/c1-8-6-5-7-9(2)11(8)14-13(18)15(4)10(3)12(16)17/h5-7,10H,1-4H3,(H,14,18)(H,16,17). The van der Waals surface area contributed by atoms with Crippen LogP contribution in [-0.4, -0.2) is 35.1 Å². The lowest BCUT2D eigenvalue weighted by atomic mass is 10.1. The van der Waals surface area contributed by atoms with E-state index in [1.54, 1.807) is 0 Å². The van der Waals surface area contributed by atoms with Gasteiger partial charge in [-0.1, -0.05) is 18.2 Å². The Kier molecular flexibility index (Phi) is 4.31. The Balaban J connectivity index is 2.85. The number of carbonyl (C=O) groups is 2. The number of carbonyl (C=O) groups excluding carboxylic acids is 1. The first-order chi connectivity index (χ1) is 8.34. The molecule has 0 heterocycles. The van der Waals surface area contributed by atoms with E-state index in [4.69, 9.17) is 5.11 Å². The summed E-state index contributed by atoms with van der Waals surface area (Å²) in [5.74, 6) is -1.03. The maximum Gasteiger partial charge on any atom is 0.326 e. The Labute approximate surface area is 106 Å². The van der Waals surface area contributed by atoms with Crippen LogP contribution in [-0.2, 0) is 4.79 Å². The molecule has 0 aliphatic heterocycles. The molecule has 98 valence electrons. The van der Waals surface area contributed by atoms with Gasteiger partial charge in [0, 0.05) is 12.7 Å². The van der Waals surface area contributed by atoms with Crippen molar-refractivity contribution in [2.45, 2.75) is 26.8 Å². The van der Waals surface area contributed by atoms with Gasteiger partial charge in [0.05, 0.1) is 0 Å². The van der Waals surface area contributed by atoms with Crippen LogP contribution in [0.3, 0.4) is 0 Å². The number of rotatable bonds is 3. The van der Waals surface area contributed by atoms with Crippen LogP contribution in [0.1, 0.15) is 18.1 Å². The van der Waals surface area contributed by atoms with Crippen molar-refractivity contribution in [3.8, 4) is 0 Å². The van der Waals surface area contributed by atoms with E-state index in [0.717, 1.165) is 21.7 Å². The maximum absolute atomic E-state index is 11.9. The Morgan fingerprint density at radius 3 is 2.22 bits per heavy atom. The van der Waals surface area contributed by atoms with Gasteiger partial charge in [-0.3, -0.25) is 0 Å². The van der Waals surface area contributed by atoms with Crippen LogP contribution in [0.5, 0.6) is 0 Å². The molecule has 1 rings (SSSR count). The lowest BCUT2D eigenvalue weighted by Gasteiger charge is -2.23. The number of amides is 2. The third kappa shape index (κ3) is 3.00. The van der Waals surface area contributed by atoms with Crippen LogP contribution in [0.15, 0.2) is 18.2 Å². The maximum atomic E-state index is 11.9. The van der Waals surface area contributed by atoms with Crippen LogP contribution in [0.25, 0.3) is 0 Å². The number of benzene rings is 1. The highest BCUT2D eigenvalue weighted by Crippen LogP contribution is 2.19. The number of likely N-dealkylation sites (N-methyl/N-ethyl adjacent to an activating group) is 1. The van der Waals surface area contributed by atoms with Gasteiger partial charge in [-0.15, -0.1) is 0 Å². The van der Waals surface area contributed by atoms with Crippen LogP contribution >= 0.6 is 0 Å². The molecule has 0 saturated heterocycles. The molecule has 0 aromatic heterocycles. The summed E-state index contributed by atoms with van der Waals surface area (Å²) in [7, 11) is 1.46. The molecule has 0 fully saturated rings. The molecule has 0 spiro atoms. The molecule has 18 heavy (non-hydrogen) atoms. The minimum atomic E-state index is -1.03. The van der Waals surface area contributed by atoms with Crippen molar-refractivity contribution >= 4 is 17.7 Å². The van der Waals surface area contributed by atoms with Crippen molar-refractivity contribution in [1.82, 2.24) is 4.90 Å². The number of nitrogens with zero attached hydrogens (tertiary/aromatic N) is 1. The predicted molar refractivity (Wildman–Crippen MR) is 69.8 cm³/mol. The Morgan fingerprint density at radius 1 is 1.28 bits per heavy atom. The van der Waals surface area contributed by atoms with Crippen LogP contribution in [0, 0.1) is 13.8 Å². The highest BCUT2D eigenvalue weighted by Gasteiger charge is 2.22. The zero-order valence-corrected chi connectivity index (χ0v) is 11.0. The fraction of sp³-hybridized carbons (Fsp3) is 0.385. The minimum absolute atomic E-state index is 0.428. The van der Waals surface area contributed by atoms with Crippen LogP contribution in [0.2, 0.25) is 0 Å². The van der Waals surface area contributed by atoms with Crippen LogP contribution < -0.4 is 5.32 Å². The minimum Gasteiger partial charge on any atom is -0.480 e. The Bertz CT molecular complexity index is 451. The largest absolute Gasteiger partial charge is 0.480 e. The second kappa shape index (κ2) is 5.53. The van der Waals surface area contributed by atoms with Gasteiger partial charge in [0.2, 0.25) is 0 Å². The quantitative estimate of drug-likeness (QED) is 0.864. The molecule has 0 bridgehead atoms. The summed E-state index contributed by atoms with van der Waals surface area (Å²) in [6.45, 7) is 5.25. The lowest BCUT2D eigenvalue weighted by molar-refractivity contribution is -0.141. The van der Waals surface area contributed by atoms with Gasteiger partial charge in [0.25, 0.3) is 0 Å². The number of para-hydroxylation sites is 1. The molecule has 2 amide bonds. The molecule has 0 aliphatic rings. The van der Waals surface area contributed by atoms with E-state index in [-0.39, 0.29) is 0 Å². The number of hydrogen-bond acceptors (Lipinski definition) is 2. The summed E-state index contributed by atoms with van der Waals surface area (Å²) in [5.41, 5.74) is 2.62. The van der Waals surface area contributed by atoms with Gasteiger partial charge in [0.1, 0.15) is 6.04 Å². The van der Waals surface area contributed by atoms with Gasteiger partial charge >= 0.3 is 12.0 Å². The van der Waals surface area contributed by atoms with E-state index in [9.17, 15) is 9.59 Å². The average molecular weight is 250 g/mol. The average Bonchev–Trinajstić information content (AvgIpc) is 2.31. The van der Waals surface area contributed by atoms with E-state index in [0.29, 0.717) is 0 Å². The summed E-state index contributed by atoms with van der Waals surface area (Å²) in [6.07, 6.45) is 0. The third-order valence-electron chi connectivity index (χ3n) is 2.97. The first-order valence-corrected chi connectivity index (χ1v) is 5.67. The van der Waals surface area contributed by atoms with Crippen molar-refractivity contribution in [3.63, 3.8) is 0 Å². The third-order valence-corrected chi connectivity index (χ3v) is 2.97. The number of nitrogens with one attached hydrogen (secondary N) is 1. The zero-order valence-electron chi connectivity index (χ0n) is 11.0. The summed E-state index contributed by atoms with van der Waals surface area (Å²) < 4.78 is 0. The van der Waals surface area contributed by atoms with Crippen molar-refractivity contribution < 1.29 is 14.7 Å². The van der Waals surface area contributed by atoms with E-state index >= 15 is 0 Å². The van der Waals surface area contributed by atoms with Gasteiger partial charge in [0.15, 0.2) is 0 Å². The van der Waals surface area contributed by atoms with Gasteiger partial charge in [-0.05, 0) is 31.9 Å². The van der Waals surface area contributed by atoms with Gasteiger partial charge in [-0.2, -0.15) is 0 Å². The normalized spacial score (nSPS) is 11.8. The highest BCUT2D eigenvalue weighted by atomic mass is 16.4. The number of hydrogen-bond donors (Lipinski definition) is 2. The molecular weight excluding hydrogens is 232 g/mol. The molecule has 0 radical (unpaired) electrons. The van der Waals surface area contributed by atoms with E-state index < -0.39 is 18.0 Å². The second-order valence-electron chi connectivity index (χ2n) is 4.32. The molecule has 0 aliphatic carbocycles.